The Morgan fingerprint density at radius 3 is 2.88 bits per heavy atom. The lowest BCUT2D eigenvalue weighted by Crippen LogP contribution is -2.15. The quantitative estimate of drug-likeness (QED) is 0.767. The average Bonchev–Trinajstić information content (AvgIpc) is 2.63. The lowest BCUT2D eigenvalue weighted by molar-refractivity contribution is 0.102. The Kier molecular flexibility index (Phi) is 2.92. The van der Waals surface area contributed by atoms with E-state index < -0.39 is 5.91 Å². The zero-order valence-corrected chi connectivity index (χ0v) is 9.64. The maximum absolute atomic E-state index is 11.8. The van der Waals surface area contributed by atoms with Gasteiger partial charge in [0, 0.05) is 10.7 Å². The van der Waals surface area contributed by atoms with Crippen LogP contribution in [0.1, 0.15) is 10.4 Å². The predicted molar refractivity (Wildman–Crippen MR) is 62.6 cm³/mol. The third-order valence-corrected chi connectivity index (χ3v) is 2.23. The van der Waals surface area contributed by atoms with Crippen molar-refractivity contribution >= 4 is 29.1 Å². The number of rotatable bonds is 2. The monoisotopic (exact) mass is 252 g/mol. The van der Waals surface area contributed by atoms with Crippen molar-refractivity contribution in [3.63, 3.8) is 0 Å². The van der Waals surface area contributed by atoms with E-state index in [1.807, 2.05) is 0 Å². The lowest BCUT2D eigenvalue weighted by atomic mass is 10.1. The van der Waals surface area contributed by atoms with E-state index in [1.54, 1.807) is 13.1 Å². The molecule has 1 aromatic carbocycles. The molecule has 0 saturated carbocycles. The molecule has 0 saturated heterocycles. The Labute approximate surface area is 102 Å². The van der Waals surface area contributed by atoms with Crippen LogP contribution in [-0.4, -0.2) is 26.1 Å². The zero-order chi connectivity index (χ0) is 12.4. The summed E-state index contributed by atoms with van der Waals surface area (Å²) >= 11 is 5.74. The molecule has 0 atom stereocenters. The van der Waals surface area contributed by atoms with Gasteiger partial charge in [0.2, 0.25) is 0 Å². The van der Waals surface area contributed by atoms with E-state index in [0.29, 0.717) is 16.3 Å². The number of hydrogen-bond acceptors (Lipinski definition) is 5. The molecule has 0 spiro atoms. The molecule has 0 radical (unpaired) electrons. The molecule has 2 aromatic rings. The van der Waals surface area contributed by atoms with Gasteiger partial charge in [-0.25, -0.2) is 0 Å². The van der Waals surface area contributed by atoms with Gasteiger partial charge in [-0.3, -0.25) is 10.1 Å². The van der Waals surface area contributed by atoms with Crippen LogP contribution in [0.3, 0.4) is 0 Å². The fourth-order valence-corrected chi connectivity index (χ4v) is 1.42. The SMILES string of the molecule is Cn1nnc(NC(=O)c2ccc(Cl)cc2N)n1. The number of carbonyl (C=O) groups excluding carboxylic acids is 1. The highest BCUT2D eigenvalue weighted by atomic mass is 35.5. The highest BCUT2D eigenvalue weighted by Gasteiger charge is 2.12. The van der Waals surface area contributed by atoms with Crippen molar-refractivity contribution in [3.05, 3.63) is 28.8 Å². The van der Waals surface area contributed by atoms with Gasteiger partial charge in [0.25, 0.3) is 11.9 Å². The fourth-order valence-electron chi connectivity index (χ4n) is 1.24. The topological polar surface area (TPSA) is 98.7 Å². The normalized spacial score (nSPS) is 10.2. The van der Waals surface area contributed by atoms with Crippen LogP contribution in [0.15, 0.2) is 18.2 Å². The fraction of sp³-hybridized carbons (Fsp3) is 0.111. The van der Waals surface area contributed by atoms with Gasteiger partial charge in [-0.05, 0) is 23.4 Å². The molecule has 0 unspecified atom stereocenters. The number of carbonyl (C=O) groups is 1. The van der Waals surface area contributed by atoms with E-state index in [4.69, 9.17) is 17.3 Å². The summed E-state index contributed by atoms with van der Waals surface area (Å²) in [4.78, 5) is 13.0. The third-order valence-electron chi connectivity index (χ3n) is 1.99. The van der Waals surface area contributed by atoms with Gasteiger partial charge in [-0.1, -0.05) is 16.7 Å². The van der Waals surface area contributed by atoms with Crippen LogP contribution in [0, 0.1) is 0 Å². The van der Waals surface area contributed by atoms with E-state index in [-0.39, 0.29) is 5.95 Å². The molecule has 8 heteroatoms. The summed E-state index contributed by atoms with van der Waals surface area (Å²) in [6.45, 7) is 0. The summed E-state index contributed by atoms with van der Waals surface area (Å²) in [5.74, 6) is -0.293. The van der Waals surface area contributed by atoms with Crippen LogP contribution < -0.4 is 11.1 Å². The summed E-state index contributed by atoms with van der Waals surface area (Å²) < 4.78 is 0. The molecular formula is C9H9ClN6O. The van der Waals surface area contributed by atoms with Crippen LogP contribution in [0.2, 0.25) is 5.02 Å². The van der Waals surface area contributed by atoms with Crippen molar-refractivity contribution in [1.29, 1.82) is 0 Å². The number of tetrazole rings is 1. The Hall–Kier alpha value is -2.15. The average molecular weight is 253 g/mol. The van der Waals surface area contributed by atoms with E-state index in [0.717, 1.165) is 0 Å². The number of aromatic nitrogens is 4. The van der Waals surface area contributed by atoms with Gasteiger partial charge in [0.05, 0.1) is 12.6 Å². The van der Waals surface area contributed by atoms with Crippen molar-refractivity contribution in [2.24, 2.45) is 7.05 Å². The number of amides is 1. The molecule has 0 aliphatic heterocycles. The smallest absolute Gasteiger partial charge is 0.270 e. The van der Waals surface area contributed by atoms with E-state index in [9.17, 15) is 4.79 Å². The van der Waals surface area contributed by atoms with E-state index in [2.05, 4.69) is 20.7 Å². The number of nitrogens with two attached hydrogens (primary N) is 1. The van der Waals surface area contributed by atoms with Gasteiger partial charge in [0.15, 0.2) is 0 Å². The summed E-state index contributed by atoms with van der Waals surface area (Å²) in [7, 11) is 1.60. The maximum Gasteiger partial charge on any atom is 0.270 e. The van der Waals surface area contributed by atoms with Crippen LogP contribution in [0.25, 0.3) is 0 Å². The van der Waals surface area contributed by atoms with Gasteiger partial charge in [0.1, 0.15) is 0 Å². The largest absolute Gasteiger partial charge is 0.398 e. The first-order valence-electron chi connectivity index (χ1n) is 4.66. The van der Waals surface area contributed by atoms with Crippen molar-refractivity contribution in [3.8, 4) is 0 Å². The second kappa shape index (κ2) is 4.38. The van der Waals surface area contributed by atoms with Gasteiger partial charge < -0.3 is 5.73 Å². The lowest BCUT2D eigenvalue weighted by Gasteiger charge is -2.04. The number of nitrogens with zero attached hydrogens (tertiary/aromatic N) is 4. The first kappa shape index (κ1) is 11.3. The van der Waals surface area contributed by atoms with E-state index in [1.165, 1.54) is 16.9 Å². The molecule has 0 aliphatic carbocycles. The molecule has 0 fully saturated rings. The first-order chi connectivity index (χ1) is 8.06. The summed E-state index contributed by atoms with van der Waals surface area (Å²) in [5.41, 5.74) is 6.27. The number of benzene rings is 1. The molecular weight excluding hydrogens is 244 g/mol. The minimum absolute atomic E-state index is 0.117. The molecule has 17 heavy (non-hydrogen) atoms. The highest BCUT2D eigenvalue weighted by molar-refractivity contribution is 6.31. The zero-order valence-electron chi connectivity index (χ0n) is 8.88. The van der Waals surface area contributed by atoms with Gasteiger partial charge in [-0.2, -0.15) is 4.80 Å². The highest BCUT2D eigenvalue weighted by Crippen LogP contribution is 2.18. The molecule has 1 aromatic heterocycles. The summed E-state index contributed by atoms with van der Waals surface area (Å²) in [6.07, 6.45) is 0. The Balaban J connectivity index is 2.20. The molecule has 3 N–H and O–H groups in total. The van der Waals surface area contributed by atoms with Crippen molar-refractivity contribution < 1.29 is 4.79 Å². The van der Waals surface area contributed by atoms with Crippen LogP contribution in [0.4, 0.5) is 11.6 Å². The molecule has 2 rings (SSSR count). The molecule has 88 valence electrons. The third kappa shape index (κ3) is 2.51. The molecule has 7 nitrogen and oxygen atoms in total. The van der Waals surface area contributed by atoms with Gasteiger partial charge in [-0.15, -0.1) is 5.10 Å². The second-order valence-corrected chi connectivity index (χ2v) is 3.72. The summed E-state index contributed by atoms with van der Waals surface area (Å²) in [5, 5.41) is 14.0. The maximum atomic E-state index is 11.8. The van der Waals surface area contributed by atoms with Crippen LogP contribution in [0.5, 0.6) is 0 Å². The second-order valence-electron chi connectivity index (χ2n) is 3.29. The Bertz CT molecular complexity index is 566. The molecule has 0 bridgehead atoms. The van der Waals surface area contributed by atoms with Gasteiger partial charge >= 0.3 is 0 Å². The summed E-state index contributed by atoms with van der Waals surface area (Å²) in [6, 6.07) is 4.61. The number of nitrogen functional groups attached to an aromatic ring is 1. The number of halogens is 1. The number of anilines is 2. The molecule has 1 heterocycles. The number of aryl methyl sites for hydroxylation is 1. The molecule has 1 amide bonds. The van der Waals surface area contributed by atoms with Crippen molar-refractivity contribution in [1.82, 2.24) is 20.2 Å². The standard InChI is InChI=1S/C9H9ClN6O/c1-16-14-9(13-15-16)12-8(17)6-3-2-5(10)4-7(6)11/h2-4H,11H2,1H3,(H,12,14,17). The van der Waals surface area contributed by atoms with E-state index >= 15 is 0 Å². The van der Waals surface area contributed by atoms with Crippen molar-refractivity contribution in [2.45, 2.75) is 0 Å². The predicted octanol–water partition coefficient (Wildman–Crippen LogP) is 0.698. The van der Waals surface area contributed by atoms with Crippen LogP contribution in [-0.2, 0) is 7.05 Å². The van der Waals surface area contributed by atoms with Crippen LogP contribution >= 0.6 is 11.6 Å². The number of hydrogen-bond donors (Lipinski definition) is 2. The Morgan fingerprint density at radius 2 is 2.29 bits per heavy atom. The minimum Gasteiger partial charge on any atom is -0.398 e. The van der Waals surface area contributed by atoms with Crippen molar-refractivity contribution in [2.75, 3.05) is 11.1 Å². The first-order valence-corrected chi connectivity index (χ1v) is 5.04. The Morgan fingerprint density at radius 1 is 1.53 bits per heavy atom. The molecule has 0 aliphatic rings. The number of nitrogens with one attached hydrogen (secondary N) is 1. The minimum atomic E-state index is -0.410.